The van der Waals surface area contributed by atoms with Gasteiger partial charge in [-0.05, 0) is 74.1 Å². The Kier molecular flexibility index (Phi) is 6.78. The molecule has 0 amide bonds. The van der Waals surface area contributed by atoms with Gasteiger partial charge in [0.25, 0.3) is 0 Å². The van der Waals surface area contributed by atoms with Gasteiger partial charge < -0.3 is 4.42 Å². The summed E-state index contributed by atoms with van der Waals surface area (Å²) in [5.74, 6) is 1.91. The molecule has 238 valence electrons. The van der Waals surface area contributed by atoms with Crippen LogP contribution in [0.1, 0.15) is 0 Å². The van der Waals surface area contributed by atoms with Crippen LogP contribution in [-0.2, 0) is 0 Å². The zero-order valence-electron chi connectivity index (χ0n) is 27.5. The minimum Gasteiger partial charge on any atom is -0.456 e. The molecule has 4 nitrogen and oxygen atoms in total. The van der Waals surface area contributed by atoms with E-state index in [1.54, 1.807) is 0 Å². The number of furan rings is 1. The lowest BCUT2D eigenvalue weighted by molar-refractivity contribution is 0.669. The molecule has 10 rings (SSSR count). The third-order valence-electron chi connectivity index (χ3n) is 9.73. The number of fused-ring (bicyclic) bond motifs is 5. The monoisotopic (exact) mass is 651 g/mol. The van der Waals surface area contributed by atoms with E-state index in [9.17, 15) is 0 Å². The number of hydrogen-bond acceptors (Lipinski definition) is 4. The molecule has 0 aliphatic rings. The van der Waals surface area contributed by atoms with E-state index >= 15 is 0 Å². The number of aromatic nitrogens is 3. The lowest BCUT2D eigenvalue weighted by Gasteiger charge is -2.12. The fraction of sp³-hybridized carbons (Fsp3) is 0. The smallest absolute Gasteiger partial charge is 0.164 e. The minimum atomic E-state index is 0.628. The van der Waals surface area contributed by atoms with Gasteiger partial charge in [0.1, 0.15) is 11.2 Å². The molecule has 0 bridgehead atoms. The Morgan fingerprint density at radius 1 is 0.294 bits per heavy atom. The van der Waals surface area contributed by atoms with Crippen LogP contribution in [-0.4, -0.2) is 15.0 Å². The number of nitrogens with zero attached hydrogens (tertiary/aromatic N) is 3. The van der Waals surface area contributed by atoms with Crippen molar-refractivity contribution in [2.75, 3.05) is 0 Å². The van der Waals surface area contributed by atoms with Crippen molar-refractivity contribution < 1.29 is 4.42 Å². The highest BCUT2D eigenvalue weighted by Gasteiger charge is 2.15. The predicted molar refractivity (Wildman–Crippen MR) is 209 cm³/mol. The Labute approximate surface area is 294 Å². The standard InChI is InChI=1S/C47H29N3O/c1-2-10-32(11-3-1)45-48-46(33-20-17-31(18-21-33)37-24-26-41-40-14-6-7-16-43(40)51-44(41)29-37)50-47(49-45)42-15-8-13-38-28-36(23-25-39(38)42)35-22-19-30-9-4-5-12-34(30)27-35/h1-29H. The molecular formula is C47H29N3O. The van der Waals surface area contributed by atoms with E-state index in [0.717, 1.165) is 60.5 Å². The van der Waals surface area contributed by atoms with Crippen LogP contribution in [0.25, 0.3) is 99.9 Å². The summed E-state index contributed by atoms with van der Waals surface area (Å²) in [6.07, 6.45) is 0. The van der Waals surface area contributed by atoms with Crippen LogP contribution in [0.3, 0.4) is 0 Å². The Balaban J connectivity index is 1.05. The maximum Gasteiger partial charge on any atom is 0.164 e. The summed E-state index contributed by atoms with van der Waals surface area (Å²) < 4.78 is 6.17. The Morgan fingerprint density at radius 3 is 1.67 bits per heavy atom. The molecule has 0 spiro atoms. The molecule has 0 radical (unpaired) electrons. The summed E-state index contributed by atoms with van der Waals surface area (Å²) >= 11 is 0. The molecule has 2 aromatic heterocycles. The first-order chi connectivity index (χ1) is 25.2. The summed E-state index contributed by atoms with van der Waals surface area (Å²) in [5, 5.41) is 6.95. The molecule has 0 aliphatic carbocycles. The van der Waals surface area contributed by atoms with Gasteiger partial charge in [-0.1, -0.05) is 146 Å². The molecule has 2 heterocycles. The van der Waals surface area contributed by atoms with Gasteiger partial charge in [-0.15, -0.1) is 0 Å². The molecule has 0 unspecified atom stereocenters. The second-order valence-electron chi connectivity index (χ2n) is 12.9. The first-order valence-corrected chi connectivity index (χ1v) is 17.1. The highest BCUT2D eigenvalue weighted by Crippen LogP contribution is 2.35. The fourth-order valence-corrected chi connectivity index (χ4v) is 7.09. The molecule has 0 fully saturated rings. The summed E-state index contributed by atoms with van der Waals surface area (Å²) in [7, 11) is 0. The second-order valence-corrected chi connectivity index (χ2v) is 12.9. The summed E-state index contributed by atoms with van der Waals surface area (Å²) in [4.78, 5) is 15.1. The van der Waals surface area contributed by atoms with E-state index in [-0.39, 0.29) is 0 Å². The number of para-hydroxylation sites is 1. The van der Waals surface area contributed by atoms with Crippen LogP contribution >= 0.6 is 0 Å². The van der Waals surface area contributed by atoms with Gasteiger partial charge in [0, 0.05) is 27.5 Å². The summed E-state index contributed by atoms with van der Waals surface area (Å²) in [6, 6.07) is 61.2. The van der Waals surface area contributed by atoms with Crippen LogP contribution in [0.15, 0.2) is 180 Å². The number of benzene rings is 8. The Hall–Kier alpha value is -6.91. The molecule has 10 aromatic rings. The average Bonchev–Trinajstić information content (AvgIpc) is 3.58. The molecule has 0 saturated carbocycles. The quantitative estimate of drug-likeness (QED) is 0.186. The Morgan fingerprint density at radius 2 is 0.843 bits per heavy atom. The van der Waals surface area contributed by atoms with Gasteiger partial charge >= 0.3 is 0 Å². The van der Waals surface area contributed by atoms with Crippen molar-refractivity contribution in [3.8, 4) is 56.4 Å². The van der Waals surface area contributed by atoms with Crippen molar-refractivity contribution >= 4 is 43.5 Å². The van der Waals surface area contributed by atoms with Gasteiger partial charge in [-0.2, -0.15) is 0 Å². The topological polar surface area (TPSA) is 51.8 Å². The minimum absolute atomic E-state index is 0.628. The molecule has 51 heavy (non-hydrogen) atoms. The molecule has 0 N–H and O–H groups in total. The third-order valence-corrected chi connectivity index (χ3v) is 9.73. The van der Waals surface area contributed by atoms with Crippen LogP contribution in [0.2, 0.25) is 0 Å². The van der Waals surface area contributed by atoms with Crippen LogP contribution in [0.5, 0.6) is 0 Å². The number of hydrogen-bond donors (Lipinski definition) is 0. The van der Waals surface area contributed by atoms with E-state index in [0.29, 0.717) is 17.5 Å². The second kappa shape index (κ2) is 11.9. The molecule has 8 aromatic carbocycles. The molecule has 0 saturated heterocycles. The Bertz CT molecular complexity index is 2910. The predicted octanol–water partition coefficient (Wildman–Crippen LogP) is 12.4. The van der Waals surface area contributed by atoms with Crippen molar-refractivity contribution in [1.29, 1.82) is 0 Å². The van der Waals surface area contributed by atoms with Crippen molar-refractivity contribution in [2.45, 2.75) is 0 Å². The third kappa shape index (κ3) is 5.22. The van der Waals surface area contributed by atoms with Crippen molar-refractivity contribution in [2.24, 2.45) is 0 Å². The largest absolute Gasteiger partial charge is 0.456 e. The van der Waals surface area contributed by atoms with E-state index in [2.05, 4.69) is 127 Å². The zero-order valence-corrected chi connectivity index (χ0v) is 27.5. The highest BCUT2D eigenvalue weighted by molar-refractivity contribution is 6.06. The van der Waals surface area contributed by atoms with Crippen LogP contribution in [0, 0.1) is 0 Å². The molecule has 0 atom stereocenters. The van der Waals surface area contributed by atoms with Crippen LogP contribution in [0.4, 0.5) is 0 Å². The highest BCUT2D eigenvalue weighted by atomic mass is 16.3. The summed E-state index contributed by atoms with van der Waals surface area (Å²) in [6.45, 7) is 0. The first-order valence-electron chi connectivity index (χ1n) is 17.1. The normalized spacial score (nSPS) is 11.5. The fourth-order valence-electron chi connectivity index (χ4n) is 7.09. The molecule has 4 heteroatoms. The molecular weight excluding hydrogens is 623 g/mol. The van der Waals surface area contributed by atoms with Gasteiger partial charge in [0.05, 0.1) is 0 Å². The van der Waals surface area contributed by atoms with Crippen LogP contribution < -0.4 is 0 Å². The van der Waals surface area contributed by atoms with Crippen molar-refractivity contribution in [3.05, 3.63) is 176 Å². The van der Waals surface area contributed by atoms with Gasteiger partial charge in [0.15, 0.2) is 17.5 Å². The average molecular weight is 652 g/mol. The van der Waals surface area contributed by atoms with Gasteiger partial charge in [-0.25, -0.2) is 15.0 Å². The van der Waals surface area contributed by atoms with E-state index in [1.165, 1.54) is 21.9 Å². The lowest BCUT2D eigenvalue weighted by Crippen LogP contribution is -2.00. The van der Waals surface area contributed by atoms with Crippen molar-refractivity contribution in [3.63, 3.8) is 0 Å². The maximum atomic E-state index is 6.17. The maximum absolute atomic E-state index is 6.17. The van der Waals surface area contributed by atoms with Gasteiger partial charge in [0.2, 0.25) is 0 Å². The zero-order chi connectivity index (χ0) is 33.7. The SMILES string of the molecule is c1ccc(-c2nc(-c3ccc(-c4ccc5c(c4)oc4ccccc45)cc3)nc(-c3cccc4cc(-c5ccc6ccccc6c5)ccc34)n2)cc1. The van der Waals surface area contributed by atoms with Gasteiger partial charge in [-0.3, -0.25) is 0 Å². The molecule has 0 aliphatic heterocycles. The first kappa shape index (κ1) is 29.0. The van der Waals surface area contributed by atoms with Crippen molar-refractivity contribution in [1.82, 2.24) is 15.0 Å². The van der Waals surface area contributed by atoms with E-state index < -0.39 is 0 Å². The van der Waals surface area contributed by atoms with E-state index in [4.69, 9.17) is 19.4 Å². The lowest BCUT2D eigenvalue weighted by atomic mass is 9.96. The van der Waals surface area contributed by atoms with E-state index in [1.807, 2.05) is 48.5 Å². The number of rotatable bonds is 5. The summed E-state index contributed by atoms with van der Waals surface area (Å²) in [5.41, 5.74) is 9.16.